The Hall–Kier alpha value is -1.10. The van der Waals surface area contributed by atoms with Crippen LogP contribution in [0, 0.1) is 0 Å². The van der Waals surface area contributed by atoms with Gasteiger partial charge in [0.25, 0.3) is 0 Å². The standard InChI is InChI=1S/C28H40O2P2/c1-29-25-17-9-11-19-27(25)31(23-13-5-3-6-14-23)21-22-32(24-15-7-4-8-16-24)28-20-12-10-18-26(28)30-2/h9-12,17-20,23-24H,3-8,13-16,21-22H2,1-2H3. The smallest absolute Gasteiger partial charge is 0.126 e. The van der Waals surface area contributed by atoms with Crippen LogP contribution in [0.15, 0.2) is 48.5 Å². The number of hydrogen-bond donors (Lipinski definition) is 0. The van der Waals surface area contributed by atoms with Gasteiger partial charge in [-0.2, -0.15) is 0 Å². The van der Waals surface area contributed by atoms with E-state index in [1.807, 2.05) is 14.2 Å². The van der Waals surface area contributed by atoms with E-state index in [1.165, 1.54) is 87.1 Å². The maximum absolute atomic E-state index is 5.86. The summed E-state index contributed by atoms with van der Waals surface area (Å²) in [4.78, 5) is 0. The summed E-state index contributed by atoms with van der Waals surface area (Å²) in [5.41, 5.74) is 1.71. The maximum Gasteiger partial charge on any atom is 0.126 e. The topological polar surface area (TPSA) is 18.5 Å². The van der Waals surface area contributed by atoms with Crippen LogP contribution in [-0.4, -0.2) is 37.9 Å². The van der Waals surface area contributed by atoms with Crippen molar-refractivity contribution in [2.45, 2.75) is 75.5 Å². The SMILES string of the molecule is COc1ccccc1P(CCP(c1ccccc1OC)C1CCCCC1)C1CCCCC1. The number of para-hydroxylation sites is 2. The van der Waals surface area contributed by atoms with Crippen LogP contribution in [0.4, 0.5) is 0 Å². The Morgan fingerprint density at radius 2 is 0.969 bits per heavy atom. The molecule has 0 spiro atoms. The highest BCUT2D eigenvalue weighted by atomic mass is 31.1. The second kappa shape index (κ2) is 12.4. The number of methoxy groups -OCH3 is 2. The van der Waals surface area contributed by atoms with Crippen molar-refractivity contribution in [2.75, 3.05) is 26.5 Å². The van der Waals surface area contributed by atoms with Crippen molar-refractivity contribution >= 4 is 26.5 Å². The van der Waals surface area contributed by atoms with E-state index in [0.717, 1.165) is 22.8 Å². The maximum atomic E-state index is 5.86. The molecule has 4 heteroatoms. The summed E-state index contributed by atoms with van der Waals surface area (Å²) in [6, 6.07) is 17.8. The number of ether oxygens (including phenoxy) is 2. The highest BCUT2D eigenvalue weighted by Gasteiger charge is 2.31. The molecule has 2 unspecified atom stereocenters. The second-order valence-electron chi connectivity index (χ2n) is 9.31. The molecular weight excluding hydrogens is 430 g/mol. The molecule has 0 amide bonds. The van der Waals surface area contributed by atoms with Crippen LogP contribution in [-0.2, 0) is 0 Å². The zero-order valence-electron chi connectivity index (χ0n) is 20.0. The third-order valence-electron chi connectivity index (χ3n) is 7.40. The van der Waals surface area contributed by atoms with Gasteiger partial charge in [-0.1, -0.05) is 90.8 Å². The van der Waals surface area contributed by atoms with Gasteiger partial charge in [-0.3, -0.25) is 0 Å². The van der Waals surface area contributed by atoms with E-state index >= 15 is 0 Å². The summed E-state index contributed by atoms with van der Waals surface area (Å²) >= 11 is 0. The molecule has 2 nitrogen and oxygen atoms in total. The summed E-state index contributed by atoms with van der Waals surface area (Å²) in [5, 5.41) is 3.02. The summed E-state index contributed by atoms with van der Waals surface area (Å²) in [7, 11) is 3.27. The van der Waals surface area contributed by atoms with E-state index in [4.69, 9.17) is 9.47 Å². The van der Waals surface area contributed by atoms with E-state index in [1.54, 1.807) is 0 Å². The lowest BCUT2D eigenvalue weighted by Crippen LogP contribution is -2.24. The summed E-state index contributed by atoms with van der Waals surface area (Å²) < 4.78 is 11.7. The summed E-state index contributed by atoms with van der Waals surface area (Å²) in [5.74, 6) is 2.23. The molecule has 4 rings (SSSR count). The van der Waals surface area contributed by atoms with Crippen LogP contribution in [0.25, 0.3) is 0 Å². The first-order valence-electron chi connectivity index (χ1n) is 12.6. The fraction of sp³-hybridized carbons (Fsp3) is 0.571. The highest BCUT2D eigenvalue weighted by Crippen LogP contribution is 2.54. The van der Waals surface area contributed by atoms with Crippen LogP contribution in [0.1, 0.15) is 64.2 Å². The Balaban J connectivity index is 1.61. The van der Waals surface area contributed by atoms with Gasteiger partial charge in [0, 0.05) is 10.6 Å². The Labute approximate surface area is 198 Å². The minimum Gasteiger partial charge on any atom is -0.496 e. The molecule has 2 aromatic rings. The quantitative estimate of drug-likeness (QED) is 0.359. The molecular formula is C28H40O2P2. The lowest BCUT2D eigenvalue weighted by molar-refractivity contribution is 0.418. The van der Waals surface area contributed by atoms with Crippen molar-refractivity contribution in [1.29, 1.82) is 0 Å². The van der Waals surface area contributed by atoms with Crippen LogP contribution in [0.2, 0.25) is 0 Å². The second-order valence-corrected chi connectivity index (χ2v) is 14.5. The van der Waals surface area contributed by atoms with Gasteiger partial charge >= 0.3 is 0 Å². The molecule has 2 aliphatic carbocycles. The Kier molecular flexibility index (Phi) is 9.31. The molecule has 174 valence electrons. The van der Waals surface area contributed by atoms with E-state index in [0.29, 0.717) is 0 Å². The third-order valence-corrected chi connectivity index (χ3v) is 13.9. The molecule has 0 aromatic heterocycles. The summed E-state index contributed by atoms with van der Waals surface area (Å²) in [6.07, 6.45) is 16.7. The molecule has 2 fully saturated rings. The average molecular weight is 471 g/mol. The zero-order valence-corrected chi connectivity index (χ0v) is 21.8. The van der Waals surface area contributed by atoms with E-state index in [-0.39, 0.29) is 15.8 Å². The van der Waals surface area contributed by atoms with Gasteiger partial charge < -0.3 is 9.47 Å². The molecule has 2 saturated carbocycles. The predicted octanol–water partition coefficient (Wildman–Crippen LogP) is 7.28. The zero-order chi connectivity index (χ0) is 22.2. The molecule has 2 atom stereocenters. The largest absolute Gasteiger partial charge is 0.496 e. The molecule has 0 heterocycles. The molecule has 32 heavy (non-hydrogen) atoms. The van der Waals surface area contributed by atoms with Crippen molar-refractivity contribution in [3.8, 4) is 11.5 Å². The fourth-order valence-corrected chi connectivity index (χ4v) is 12.9. The number of hydrogen-bond acceptors (Lipinski definition) is 2. The predicted molar refractivity (Wildman–Crippen MR) is 143 cm³/mol. The van der Waals surface area contributed by atoms with Crippen molar-refractivity contribution in [1.82, 2.24) is 0 Å². The van der Waals surface area contributed by atoms with Gasteiger partial charge in [-0.05, 0) is 61.5 Å². The van der Waals surface area contributed by atoms with Crippen LogP contribution in [0.3, 0.4) is 0 Å². The van der Waals surface area contributed by atoms with Crippen LogP contribution in [0.5, 0.6) is 11.5 Å². The van der Waals surface area contributed by atoms with Gasteiger partial charge in [0.1, 0.15) is 11.5 Å². The van der Waals surface area contributed by atoms with Crippen molar-refractivity contribution in [2.24, 2.45) is 0 Å². The average Bonchev–Trinajstić information content (AvgIpc) is 2.88. The van der Waals surface area contributed by atoms with E-state index < -0.39 is 0 Å². The van der Waals surface area contributed by atoms with Crippen LogP contribution < -0.4 is 20.1 Å². The first-order chi connectivity index (χ1) is 15.8. The lowest BCUT2D eigenvalue weighted by Gasteiger charge is -2.36. The highest BCUT2D eigenvalue weighted by molar-refractivity contribution is 7.70. The van der Waals surface area contributed by atoms with Gasteiger partial charge in [-0.25, -0.2) is 0 Å². The van der Waals surface area contributed by atoms with Gasteiger partial charge in [0.05, 0.1) is 14.2 Å². The van der Waals surface area contributed by atoms with Crippen molar-refractivity contribution in [3.63, 3.8) is 0 Å². The Morgan fingerprint density at radius 1 is 0.594 bits per heavy atom. The molecule has 0 N–H and O–H groups in total. The van der Waals surface area contributed by atoms with E-state index in [9.17, 15) is 0 Å². The number of rotatable bonds is 9. The minimum absolute atomic E-state index is 0.208. The molecule has 0 aliphatic heterocycles. The first-order valence-corrected chi connectivity index (χ1v) is 15.8. The number of benzene rings is 2. The monoisotopic (exact) mass is 470 g/mol. The normalized spacial score (nSPS) is 19.9. The Morgan fingerprint density at radius 3 is 1.34 bits per heavy atom. The molecule has 2 aromatic carbocycles. The third kappa shape index (κ3) is 5.87. The van der Waals surface area contributed by atoms with Gasteiger partial charge in [0.15, 0.2) is 0 Å². The van der Waals surface area contributed by atoms with E-state index in [2.05, 4.69) is 48.5 Å². The fourth-order valence-electron chi connectivity index (χ4n) is 5.73. The van der Waals surface area contributed by atoms with Crippen molar-refractivity contribution in [3.05, 3.63) is 48.5 Å². The Bertz CT molecular complexity index is 758. The van der Waals surface area contributed by atoms with Gasteiger partial charge in [-0.15, -0.1) is 0 Å². The lowest BCUT2D eigenvalue weighted by atomic mass is 10.0. The van der Waals surface area contributed by atoms with Gasteiger partial charge in [0.2, 0.25) is 0 Å². The first kappa shape index (κ1) is 24.0. The summed E-state index contributed by atoms with van der Waals surface area (Å²) in [6.45, 7) is 0. The van der Waals surface area contributed by atoms with Crippen molar-refractivity contribution < 1.29 is 9.47 Å². The molecule has 0 bridgehead atoms. The minimum atomic E-state index is -0.208. The molecule has 0 saturated heterocycles. The van der Waals surface area contributed by atoms with Crippen LogP contribution >= 0.6 is 15.8 Å². The molecule has 2 aliphatic rings. The molecule has 0 radical (unpaired) electrons.